The van der Waals surface area contributed by atoms with Gasteiger partial charge in [-0.25, -0.2) is 10.4 Å². The van der Waals surface area contributed by atoms with Crippen molar-refractivity contribution in [3.63, 3.8) is 0 Å². The first-order chi connectivity index (χ1) is 17.0. The van der Waals surface area contributed by atoms with Crippen molar-refractivity contribution in [2.75, 3.05) is 19.6 Å². The van der Waals surface area contributed by atoms with Crippen LogP contribution in [0.3, 0.4) is 0 Å². The fourth-order valence-electron chi connectivity index (χ4n) is 4.21. The molecule has 188 valence electrons. The highest BCUT2D eigenvalue weighted by Gasteiger charge is 2.31. The van der Waals surface area contributed by atoms with Gasteiger partial charge in [-0.15, -0.1) is 12.8 Å². The number of hydrogen-bond acceptors (Lipinski definition) is 6. The normalized spacial score (nSPS) is 20.6. The summed E-state index contributed by atoms with van der Waals surface area (Å²) >= 11 is 0. The van der Waals surface area contributed by atoms with Gasteiger partial charge in [-0.1, -0.05) is 50.3 Å². The Morgan fingerprint density at radius 2 is 2.11 bits per heavy atom. The van der Waals surface area contributed by atoms with Crippen molar-refractivity contribution >= 4 is 11.5 Å². The summed E-state index contributed by atoms with van der Waals surface area (Å²) in [6.07, 6.45) is 19.1. The molecule has 2 aliphatic heterocycles. The number of amidine groups is 1. The third-order valence-electron chi connectivity index (χ3n) is 5.92. The Balaban J connectivity index is 0.00000210. The highest BCUT2D eigenvalue weighted by Crippen LogP contribution is 2.28. The molecule has 0 spiro atoms. The van der Waals surface area contributed by atoms with Gasteiger partial charge in [0.2, 0.25) is 0 Å². The topological polar surface area (TPSA) is 94.9 Å². The summed E-state index contributed by atoms with van der Waals surface area (Å²) in [4.78, 5) is 7.03. The van der Waals surface area contributed by atoms with E-state index in [1.807, 2.05) is 19.1 Å². The summed E-state index contributed by atoms with van der Waals surface area (Å²) in [5.41, 5.74) is 20.4. The Bertz CT molecular complexity index is 986. The van der Waals surface area contributed by atoms with Gasteiger partial charge in [0.1, 0.15) is 18.0 Å². The van der Waals surface area contributed by atoms with E-state index in [-0.39, 0.29) is 12.2 Å². The average molecular weight is 476 g/mol. The lowest BCUT2D eigenvalue weighted by Gasteiger charge is -2.26. The molecule has 3 rings (SSSR count). The summed E-state index contributed by atoms with van der Waals surface area (Å²) in [5, 5.41) is 5.41. The van der Waals surface area contributed by atoms with Crippen LogP contribution < -0.4 is 22.2 Å². The second kappa shape index (κ2) is 14.1. The van der Waals surface area contributed by atoms with Gasteiger partial charge >= 0.3 is 0 Å². The molecule has 1 aromatic rings. The van der Waals surface area contributed by atoms with Crippen LogP contribution in [0, 0.1) is 12.8 Å². The minimum Gasteiger partial charge on any atom is -0.386 e. The maximum atomic E-state index is 6.52. The fraction of sp³-hybridized carbons (Fsp3) is 0.393. The van der Waals surface area contributed by atoms with E-state index in [4.69, 9.17) is 16.5 Å². The molecule has 2 atom stereocenters. The molecular formula is C28H41N7. The van der Waals surface area contributed by atoms with Gasteiger partial charge in [0, 0.05) is 18.8 Å². The number of aliphatic imine (C=N–C) groups is 1. The molecule has 0 radical (unpaired) electrons. The Labute approximate surface area is 211 Å². The molecule has 1 saturated heterocycles. The number of hydrazine groups is 1. The van der Waals surface area contributed by atoms with Crippen molar-refractivity contribution < 1.29 is 0 Å². The summed E-state index contributed by atoms with van der Waals surface area (Å²) in [5.74, 6) is 1.46. The van der Waals surface area contributed by atoms with E-state index in [1.54, 1.807) is 0 Å². The third-order valence-corrected chi connectivity index (χ3v) is 5.92. The summed E-state index contributed by atoms with van der Waals surface area (Å²) in [6, 6.07) is 8.70. The largest absolute Gasteiger partial charge is 0.386 e. The third kappa shape index (κ3) is 7.25. The Morgan fingerprint density at radius 3 is 2.80 bits per heavy atom. The average Bonchev–Trinajstić information content (AvgIpc) is 3.46. The highest BCUT2D eigenvalue weighted by atomic mass is 15.6. The van der Waals surface area contributed by atoms with Gasteiger partial charge in [-0.05, 0) is 62.6 Å². The minimum atomic E-state index is -0.256. The van der Waals surface area contributed by atoms with E-state index in [0.717, 1.165) is 43.0 Å². The van der Waals surface area contributed by atoms with Crippen molar-refractivity contribution in [1.82, 2.24) is 20.7 Å². The van der Waals surface area contributed by atoms with E-state index >= 15 is 0 Å². The van der Waals surface area contributed by atoms with Gasteiger partial charge in [-0.3, -0.25) is 5.01 Å². The van der Waals surface area contributed by atoms with Crippen LogP contribution in [0.5, 0.6) is 0 Å². The van der Waals surface area contributed by atoms with Crippen molar-refractivity contribution in [3.05, 3.63) is 77.8 Å². The van der Waals surface area contributed by atoms with Crippen LogP contribution in [0.2, 0.25) is 0 Å². The Kier molecular flexibility index (Phi) is 11.1. The van der Waals surface area contributed by atoms with E-state index < -0.39 is 0 Å². The quantitative estimate of drug-likeness (QED) is 0.180. The van der Waals surface area contributed by atoms with Gasteiger partial charge in [0.15, 0.2) is 0 Å². The number of rotatable bonds is 10. The van der Waals surface area contributed by atoms with Gasteiger partial charge < -0.3 is 21.7 Å². The van der Waals surface area contributed by atoms with Crippen LogP contribution in [-0.2, 0) is 6.42 Å². The SMILES string of the molecule is C#C.C=C1NC[C@@H](/C(N)=N/C2C=C(c3cccc(CCC)c3)N(/C(C)=C/C=C\C)N2)N1CCCN. The first-order valence-corrected chi connectivity index (χ1v) is 12.2. The molecule has 2 heterocycles. The first kappa shape index (κ1) is 27.8. The van der Waals surface area contributed by atoms with E-state index in [1.165, 1.54) is 11.1 Å². The van der Waals surface area contributed by atoms with Gasteiger partial charge in [0.05, 0.1) is 11.5 Å². The number of benzene rings is 1. The molecule has 0 saturated carbocycles. The molecule has 0 aliphatic carbocycles. The molecule has 2 aliphatic rings. The molecule has 6 N–H and O–H groups in total. The van der Waals surface area contributed by atoms with Crippen LogP contribution in [-0.4, -0.2) is 47.6 Å². The smallest absolute Gasteiger partial charge is 0.139 e. The second-order valence-electron chi connectivity index (χ2n) is 8.48. The number of allylic oxidation sites excluding steroid dienone is 4. The number of aryl methyl sites for hydroxylation is 1. The number of nitrogens with two attached hydrogens (primary N) is 2. The molecular weight excluding hydrogens is 434 g/mol. The predicted molar refractivity (Wildman–Crippen MR) is 149 cm³/mol. The lowest BCUT2D eigenvalue weighted by Crippen LogP contribution is -2.44. The number of nitrogens with one attached hydrogen (secondary N) is 2. The summed E-state index contributed by atoms with van der Waals surface area (Å²) < 4.78 is 0. The van der Waals surface area contributed by atoms with Crippen LogP contribution in [0.15, 0.2) is 71.7 Å². The molecule has 0 bridgehead atoms. The van der Waals surface area contributed by atoms with Gasteiger partial charge in [0.25, 0.3) is 0 Å². The van der Waals surface area contributed by atoms with Crippen molar-refractivity contribution in [3.8, 4) is 12.8 Å². The number of hydrogen-bond donors (Lipinski definition) is 4. The zero-order valence-corrected chi connectivity index (χ0v) is 21.4. The van der Waals surface area contributed by atoms with Crippen molar-refractivity contribution in [2.45, 2.75) is 52.2 Å². The van der Waals surface area contributed by atoms with Crippen molar-refractivity contribution in [2.24, 2.45) is 16.5 Å². The molecule has 7 heteroatoms. The second-order valence-corrected chi connectivity index (χ2v) is 8.48. The molecule has 0 amide bonds. The minimum absolute atomic E-state index is 0.0238. The molecule has 35 heavy (non-hydrogen) atoms. The zero-order valence-electron chi connectivity index (χ0n) is 21.4. The Morgan fingerprint density at radius 1 is 1.34 bits per heavy atom. The van der Waals surface area contributed by atoms with Crippen molar-refractivity contribution in [1.29, 1.82) is 0 Å². The van der Waals surface area contributed by atoms with Crippen LogP contribution >= 0.6 is 0 Å². The van der Waals surface area contributed by atoms with Gasteiger partial charge in [-0.2, -0.15) is 0 Å². The monoisotopic (exact) mass is 475 g/mol. The fourth-order valence-corrected chi connectivity index (χ4v) is 4.21. The molecule has 1 fully saturated rings. The van der Waals surface area contributed by atoms with E-state index in [9.17, 15) is 0 Å². The maximum absolute atomic E-state index is 6.52. The predicted octanol–water partition coefficient (Wildman–Crippen LogP) is 3.31. The Hall–Kier alpha value is -3.47. The van der Waals surface area contributed by atoms with Crippen LogP contribution in [0.25, 0.3) is 5.70 Å². The first-order valence-electron chi connectivity index (χ1n) is 12.2. The summed E-state index contributed by atoms with van der Waals surface area (Å²) in [7, 11) is 0. The molecule has 7 nitrogen and oxygen atoms in total. The van der Waals surface area contributed by atoms with Crippen LogP contribution in [0.1, 0.15) is 44.7 Å². The number of nitrogens with zero attached hydrogens (tertiary/aromatic N) is 3. The maximum Gasteiger partial charge on any atom is 0.139 e. The highest BCUT2D eigenvalue weighted by molar-refractivity contribution is 5.87. The lowest BCUT2D eigenvalue weighted by molar-refractivity contribution is 0.343. The van der Waals surface area contributed by atoms with E-state index in [0.29, 0.717) is 18.9 Å². The zero-order chi connectivity index (χ0) is 25.8. The molecule has 1 unspecified atom stereocenters. The summed E-state index contributed by atoms with van der Waals surface area (Å²) in [6.45, 7) is 12.6. The van der Waals surface area contributed by atoms with E-state index in [2.05, 4.69) is 90.3 Å². The standard InChI is InChI=1S/C26H39N7.C2H2/c1-5-7-11-19(3)33-23(22-13-8-12-21(16-22)10-6-2)17-25(31-33)30-26(28)24-18-29-20(4)32(24)15-9-14-27;1-2/h5,7-8,11-13,16-17,24-25,29,31H,4,6,9-10,14-15,18,27H2,1-3H3,(H2,28,30);1-2H/b7-5-,19-11+;/t24-,25?;/m0./s1. The number of terminal acetylenes is 1. The van der Waals surface area contributed by atoms with Crippen LogP contribution in [0.4, 0.5) is 0 Å². The lowest BCUT2D eigenvalue weighted by atomic mass is 10.0. The molecule has 1 aromatic carbocycles. The molecule has 0 aromatic heterocycles.